The topological polar surface area (TPSA) is 70.3 Å². The average molecular weight is 294 g/mol. The van der Waals surface area contributed by atoms with Gasteiger partial charge in [-0.3, -0.25) is 0 Å². The summed E-state index contributed by atoms with van der Waals surface area (Å²) in [5.41, 5.74) is 8.50. The molecule has 0 aliphatic carbocycles. The van der Waals surface area contributed by atoms with Crippen LogP contribution < -0.4 is 15.2 Å². The molecule has 0 spiro atoms. The van der Waals surface area contributed by atoms with Crippen LogP contribution >= 0.6 is 11.6 Å². The first-order chi connectivity index (χ1) is 9.58. The largest absolute Gasteiger partial charge is 0.480 e. The minimum atomic E-state index is -0.518. The van der Waals surface area contributed by atoms with Gasteiger partial charge in [0.1, 0.15) is 5.69 Å². The minimum absolute atomic E-state index is 0.328. The average Bonchev–Trinajstić information content (AvgIpc) is 2.48. The SMILES string of the molecule is COc1cnc(C(N)c2cccc(C)c2Cl)c(OC)n1. The Morgan fingerprint density at radius 1 is 1.25 bits per heavy atom. The lowest BCUT2D eigenvalue weighted by Crippen LogP contribution is -2.16. The van der Waals surface area contributed by atoms with Gasteiger partial charge in [0, 0.05) is 5.02 Å². The van der Waals surface area contributed by atoms with E-state index in [4.69, 9.17) is 26.8 Å². The second-order valence-electron chi connectivity index (χ2n) is 4.26. The van der Waals surface area contributed by atoms with Crippen LogP contribution in [0.1, 0.15) is 22.9 Å². The van der Waals surface area contributed by atoms with E-state index in [2.05, 4.69) is 9.97 Å². The van der Waals surface area contributed by atoms with Crippen molar-refractivity contribution in [3.05, 3.63) is 46.2 Å². The lowest BCUT2D eigenvalue weighted by Gasteiger charge is -2.16. The molecule has 0 saturated heterocycles. The van der Waals surface area contributed by atoms with Gasteiger partial charge in [0.25, 0.3) is 0 Å². The number of hydrogen-bond donors (Lipinski definition) is 1. The van der Waals surface area contributed by atoms with E-state index in [0.717, 1.165) is 11.1 Å². The molecule has 1 aromatic carbocycles. The fourth-order valence-corrected chi connectivity index (χ4v) is 2.13. The number of nitrogens with two attached hydrogens (primary N) is 1. The van der Waals surface area contributed by atoms with E-state index in [1.165, 1.54) is 20.4 Å². The molecule has 0 radical (unpaired) electrons. The smallest absolute Gasteiger partial charge is 0.240 e. The number of aryl methyl sites for hydroxylation is 1. The molecule has 0 fully saturated rings. The molecule has 1 heterocycles. The molecule has 1 atom stereocenters. The van der Waals surface area contributed by atoms with Crippen molar-refractivity contribution in [3.8, 4) is 11.8 Å². The molecular weight excluding hydrogens is 278 g/mol. The standard InChI is InChI=1S/C14H16ClN3O2/c1-8-5-4-6-9(11(8)15)12(16)13-14(20-3)18-10(19-2)7-17-13/h4-7,12H,16H2,1-3H3. The molecule has 0 amide bonds. The number of rotatable bonds is 4. The Balaban J connectivity index is 2.47. The van der Waals surface area contributed by atoms with Gasteiger partial charge in [-0.1, -0.05) is 29.8 Å². The molecule has 1 aromatic heterocycles. The monoisotopic (exact) mass is 293 g/mol. The molecule has 106 valence electrons. The van der Waals surface area contributed by atoms with Crippen molar-refractivity contribution < 1.29 is 9.47 Å². The maximum atomic E-state index is 6.30. The fraction of sp³-hybridized carbons (Fsp3) is 0.286. The van der Waals surface area contributed by atoms with Gasteiger partial charge in [0.15, 0.2) is 0 Å². The van der Waals surface area contributed by atoms with Crippen LogP contribution in [0, 0.1) is 6.92 Å². The predicted molar refractivity (Wildman–Crippen MR) is 77.4 cm³/mol. The molecule has 5 nitrogen and oxygen atoms in total. The summed E-state index contributed by atoms with van der Waals surface area (Å²) in [4.78, 5) is 8.45. The Labute approximate surface area is 122 Å². The Hall–Kier alpha value is -1.85. The summed E-state index contributed by atoms with van der Waals surface area (Å²) in [6.45, 7) is 1.93. The Morgan fingerprint density at radius 2 is 2.00 bits per heavy atom. The number of methoxy groups -OCH3 is 2. The second-order valence-corrected chi connectivity index (χ2v) is 4.64. The highest BCUT2D eigenvalue weighted by molar-refractivity contribution is 6.32. The van der Waals surface area contributed by atoms with E-state index in [1.54, 1.807) is 0 Å². The van der Waals surface area contributed by atoms with Gasteiger partial charge in [0.05, 0.1) is 26.5 Å². The van der Waals surface area contributed by atoms with E-state index in [0.29, 0.717) is 22.5 Å². The van der Waals surface area contributed by atoms with Crippen molar-refractivity contribution in [1.29, 1.82) is 0 Å². The third kappa shape index (κ3) is 2.69. The molecule has 20 heavy (non-hydrogen) atoms. The second kappa shape index (κ2) is 6.07. The van der Waals surface area contributed by atoms with Crippen LogP contribution in [0.3, 0.4) is 0 Å². The number of benzene rings is 1. The van der Waals surface area contributed by atoms with E-state index < -0.39 is 6.04 Å². The third-order valence-electron chi connectivity index (χ3n) is 3.00. The molecule has 2 rings (SSSR count). The molecule has 0 bridgehead atoms. The zero-order chi connectivity index (χ0) is 14.7. The lowest BCUT2D eigenvalue weighted by atomic mass is 10.0. The Kier molecular flexibility index (Phi) is 4.42. The van der Waals surface area contributed by atoms with E-state index in [9.17, 15) is 0 Å². The van der Waals surface area contributed by atoms with Crippen LogP contribution in [0.5, 0.6) is 11.8 Å². The highest BCUT2D eigenvalue weighted by Gasteiger charge is 2.20. The van der Waals surface area contributed by atoms with Crippen LogP contribution in [0.25, 0.3) is 0 Å². The third-order valence-corrected chi connectivity index (χ3v) is 3.52. The Bertz CT molecular complexity index is 619. The van der Waals surface area contributed by atoms with Gasteiger partial charge in [0.2, 0.25) is 11.8 Å². The van der Waals surface area contributed by atoms with E-state index in [1.807, 2.05) is 25.1 Å². The first-order valence-electron chi connectivity index (χ1n) is 6.04. The normalized spacial score (nSPS) is 12.1. The summed E-state index contributed by atoms with van der Waals surface area (Å²) in [6, 6.07) is 5.18. The number of hydrogen-bond acceptors (Lipinski definition) is 5. The molecule has 0 aliphatic heterocycles. The minimum Gasteiger partial charge on any atom is -0.480 e. The molecule has 0 aliphatic rings. The van der Waals surface area contributed by atoms with Crippen LogP contribution in [-0.2, 0) is 0 Å². The van der Waals surface area contributed by atoms with Crippen molar-refractivity contribution in [1.82, 2.24) is 9.97 Å². The Morgan fingerprint density at radius 3 is 2.65 bits per heavy atom. The summed E-state index contributed by atoms with van der Waals surface area (Å²) in [7, 11) is 3.03. The zero-order valence-electron chi connectivity index (χ0n) is 11.6. The van der Waals surface area contributed by atoms with Crippen molar-refractivity contribution in [2.24, 2.45) is 5.73 Å². The van der Waals surface area contributed by atoms with Gasteiger partial charge >= 0.3 is 0 Å². The number of aromatic nitrogens is 2. The van der Waals surface area contributed by atoms with Crippen LogP contribution in [0.2, 0.25) is 5.02 Å². The molecule has 1 unspecified atom stereocenters. The summed E-state index contributed by atoms with van der Waals surface area (Å²) in [5.74, 6) is 0.697. The predicted octanol–water partition coefficient (Wildman–Crippen LogP) is 2.50. The first-order valence-corrected chi connectivity index (χ1v) is 6.41. The number of ether oxygens (including phenoxy) is 2. The van der Waals surface area contributed by atoms with Crippen LogP contribution in [0.15, 0.2) is 24.4 Å². The molecule has 6 heteroatoms. The number of nitrogens with zero attached hydrogens (tertiary/aromatic N) is 2. The summed E-state index contributed by atoms with van der Waals surface area (Å²) in [5, 5.41) is 0.625. The van der Waals surface area contributed by atoms with Gasteiger partial charge in [-0.2, -0.15) is 4.98 Å². The van der Waals surface area contributed by atoms with Crippen molar-refractivity contribution in [2.75, 3.05) is 14.2 Å². The molecule has 2 N–H and O–H groups in total. The van der Waals surface area contributed by atoms with Gasteiger partial charge in [-0.25, -0.2) is 4.98 Å². The molecule has 0 saturated carbocycles. The first kappa shape index (κ1) is 14.6. The lowest BCUT2D eigenvalue weighted by molar-refractivity contribution is 0.355. The maximum absolute atomic E-state index is 6.30. The van der Waals surface area contributed by atoms with Crippen molar-refractivity contribution >= 4 is 11.6 Å². The summed E-state index contributed by atoms with van der Waals surface area (Å²) >= 11 is 6.30. The number of halogens is 1. The van der Waals surface area contributed by atoms with Crippen molar-refractivity contribution in [2.45, 2.75) is 13.0 Å². The highest BCUT2D eigenvalue weighted by atomic mass is 35.5. The van der Waals surface area contributed by atoms with Crippen LogP contribution in [-0.4, -0.2) is 24.2 Å². The maximum Gasteiger partial charge on any atom is 0.240 e. The molecular formula is C14H16ClN3O2. The van der Waals surface area contributed by atoms with Gasteiger partial charge in [-0.15, -0.1) is 0 Å². The summed E-state index contributed by atoms with van der Waals surface area (Å²) in [6.07, 6.45) is 1.50. The highest BCUT2D eigenvalue weighted by Crippen LogP contribution is 2.31. The van der Waals surface area contributed by atoms with Crippen LogP contribution in [0.4, 0.5) is 0 Å². The van der Waals surface area contributed by atoms with Gasteiger partial charge in [-0.05, 0) is 18.1 Å². The van der Waals surface area contributed by atoms with E-state index in [-0.39, 0.29) is 0 Å². The summed E-state index contributed by atoms with van der Waals surface area (Å²) < 4.78 is 10.2. The van der Waals surface area contributed by atoms with Gasteiger partial charge < -0.3 is 15.2 Å². The molecule has 2 aromatic rings. The zero-order valence-corrected chi connectivity index (χ0v) is 12.3. The fourth-order valence-electron chi connectivity index (χ4n) is 1.89. The van der Waals surface area contributed by atoms with Crippen molar-refractivity contribution in [3.63, 3.8) is 0 Å². The van der Waals surface area contributed by atoms with E-state index >= 15 is 0 Å². The quantitative estimate of drug-likeness (QED) is 0.938.